The van der Waals surface area contributed by atoms with Crippen LogP contribution in [0.15, 0.2) is 24.8 Å². The summed E-state index contributed by atoms with van der Waals surface area (Å²) in [5.41, 5.74) is 6.14. The summed E-state index contributed by atoms with van der Waals surface area (Å²) in [4.78, 5) is 11.8. The molecule has 1 unspecified atom stereocenters. The monoisotopic (exact) mass is 282 g/mol. The number of nitrogens with two attached hydrogens (primary N) is 1. The Hall–Kier alpha value is -1.72. The SMILES string of the molecule is C=CCC(N)C(=O)Nc1cc2c(cc1Cl)OCCO2. The molecule has 0 aromatic heterocycles. The number of ether oxygens (including phenoxy) is 2. The van der Waals surface area contributed by atoms with Crippen molar-refractivity contribution >= 4 is 23.2 Å². The van der Waals surface area contributed by atoms with Crippen LogP contribution in [0.5, 0.6) is 11.5 Å². The second kappa shape index (κ2) is 5.95. The second-order valence-corrected chi connectivity index (χ2v) is 4.50. The average Bonchev–Trinajstić information content (AvgIpc) is 2.39. The molecule has 0 bridgehead atoms. The van der Waals surface area contributed by atoms with Crippen LogP contribution in [0.4, 0.5) is 5.69 Å². The lowest BCUT2D eigenvalue weighted by Crippen LogP contribution is -2.35. The number of carbonyl (C=O) groups excluding carboxylic acids is 1. The minimum absolute atomic E-state index is 0.321. The smallest absolute Gasteiger partial charge is 0.241 e. The number of hydrogen-bond acceptors (Lipinski definition) is 4. The van der Waals surface area contributed by atoms with E-state index in [1.807, 2.05) is 0 Å². The third-order valence-corrected chi connectivity index (χ3v) is 2.96. The highest BCUT2D eigenvalue weighted by Gasteiger charge is 2.18. The zero-order valence-corrected chi connectivity index (χ0v) is 11.1. The van der Waals surface area contributed by atoms with Crippen molar-refractivity contribution in [3.63, 3.8) is 0 Å². The summed E-state index contributed by atoms with van der Waals surface area (Å²) in [7, 11) is 0. The van der Waals surface area contributed by atoms with Crippen LogP contribution in [0.3, 0.4) is 0 Å². The first-order valence-corrected chi connectivity index (χ1v) is 6.26. The molecular formula is C13H15ClN2O3. The van der Waals surface area contributed by atoms with Gasteiger partial charge in [-0.05, 0) is 6.42 Å². The highest BCUT2D eigenvalue weighted by molar-refractivity contribution is 6.34. The van der Waals surface area contributed by atoms with E-state index in [2.05, 4.69) is 11.9 Å². The molecule has 0 spiro atoms. The third-order valence-electron chi connectivity index (χ3n) is 2.65. The van der Waals surface area contributed by atoms with Crippen molar-refractivity contribution in [3.05, 3.63) is 29.8 Å². The summed E-state index contributed by atoms with van der Waals surface area (Å²) in [6.45, 7) is 4.50. The summed E-state index contributed by atoms with van der Waals surface area (Å²) in [6.07, 6.45) is 1.99. The van der Waals surface area contributed by atoms with Crippen LogP contribution in [-0.4, -0.2) is 25.2 Å². The van der Waals surface area contributed by atoms with Crippen molar-refractivity contribution in [3.8, 4) is 11.5 Å². The fourth-order valence-corrected chi connectivity index (χ4v) is 1.87. The minimum atomic E-state index is -0.651. The molecule has 0 saturated heterocycles. The van der Waals surface area contributed by atoms with Crippen LogP contribution >= 0.6 is 11.6 Å². The summed E-state index contributed by atoms with van der Waals surface area (Å²) in [5.74, 6) is 0.811. The number of nitrogens with one attached hydrogen (secondary N) is 1. The molecule has 2 rings (SSSR count). The lowest BCUT2D eigenvalue weighted by molar-refractivity contribution is -0.117. The van der Waals surface area contributed by atoms with Crippen molar-refractivity contribution in [2.75, 3.05) is 18.5 Å². The zero-order valence-electron chi connectivity index (χ0n) is 10.3. The molecule has 1 heterocycles. The molecule has 1 amide bonds. The van der Waals surface area contributed by atoms with Crippen LogP contribution in [0, 0.1) is 0 Å². The number of anilines is 1. The normalized spacial score (nSPS) is 14.6. The molecule has 1 aromatic rings. The maximum atomic E-state index is 11.8. The Balaban J connectivity index is 2.16. The van der Waals surface area contributed by atoms with Crippen molar-refractivity contribution in [1.82, 2.24) is 0 Å². The Morgan fingerprint density at radius 2 is 2.11 bits per heavy atom. The highest BCUT2D eigenvalue weighted by Crippen LogP contribution is 2.37. The number of hydrogen-bond donors (Lipinski definition) is 2. The molecule has 0 fully saturated rings. The van der Waals surface area contributed by atoms with E-state index in [0.29, 0.717) is 41.8 Å². The molecule has 0 radical (unpaired) electrons. The van der Waals surface area contributed by atoms with Gasteiger partial charge in [0.1, 0.15) is 13.2 Å². The van der Waals surface area contributed by atoms with Gasteiger partial charge in [-0.2, -0.15) is 0 Å². The number of fused-ring (bicyclic) bond motifs is 1. The molecule has 102 valence electrons. The van der Waals surface area contributed by atoms with Gasteiger partial charge in [0, 0.05) is 12.1 Å². The van der Waals surface area contributed by atoms with Gasteiger partial charge in [0.15, 0.2) is 11.5 Å². The lowest BCUT2D eigenvalue weighted by Gasteiger charge is -2.20. The molecule has 0 aliphatic carbocycles. The summed E-state index contributed by atoms with van der Waals surface area (Å²) in [6, 6.07) is 2.60. The Morgan fingerprint density at radius 1 is 1.47 bits per heavy atom. The van der Waals surface area contributed by atoms with Gasteiger partial charge < -0.3 is 20.5 Å². The van der Waals surface area contributed by atoms with E-state index >= 15 is 0 Å². The second-order valence-electron chi connectivity index (χ2n) is 4.10. The summed E-state index contributed by atoms with van der Waals surface area (Å²) < 4.78 is 10.8. The van der Waals surface area contributed by atoms with Gasteiger partial charge in [-0.1, -0.05) is 17.7 Å². The van der Waals surface area contributed by atoms with Gasteiger partial charge in [0.25, 0.3) is 0 Å². The molecule has 19 heavy (non-hydrogen) atoms. The van der Waals surface area contributed by atoms with Gasteiger partial charge in [-0.15, -0.1) is 6.58 Å². The van der Waals surface area contributed by atoms with Crippen molar-refractivity contribution < 1.29 is 14.3 Å². The fraction of sp³-hybridized carbons (Fsp3) is 0.308. The number of carbonyl (C=O) groups is 1. The Bertz CT molecular complexity index is 505. The number of benzene rings is 1. The topological polar surface area (TPSA) is 73.6 Å². The number of rotatable bonds is 4. The van der Waals surface area contributed by atoms with E-state index in [0.717, 1.165) is 0 Å². The summed E-state index contributed by atoms with van der Waals surface area (Å²) >= 11 is 6.08. The quantitative estimate of drug-likeness (QED) is 0.828. The van der Waals surface area contributed by atoms with Crippen LogP contribution < -0.4 is 20.5 Å². The molecule has 5 nitrogen and oxygen atoms in total. The Labute approximate surface area is 116 Å². The van der Waals surface area contributed by atoms with Crippen molar-refractivity contribution in [2.24, 2.45) is 5.73 Å². The van der Waals surface area contributed by atoms with Gasteiger partial charge >= 0.3 is 0 Å². The maximum absolute atomic E-state index is 11.8. The first-order valence-electron chi connectivity index (χ1n) is 5.88. The lowest BCUT2D eigenvalue weighted by atomic mass is 10.2. The predicted octanol–water partition coefficient (Wildman–Crippen LogP) is 1.95. The first kappa shape index (κ1) is 13.7. The Kier molecular flexibility index (Phi) is 4.29. The molecular weight excluding hydrogens is 268 g/mol. The largest absolute Gasteiger partial charge is 0.486 e. The molecule has 1 aliphatic rings. The van der Waals surface area contributed by atoms with Crippen molar-refractivity contribution in [2.45, 2.75) is 12.5 Å². The van der Waals surface area contributed by atoms with Crippen LogP contribution in [0.25, 0.3) is 0 Å². The van der Waals surface area contributed by atoms with Crippen LogP contribution in [-0.2, 0) is 4.79 Å². The van der Waals surface area contributed by atoms with E-state index in [1.165, 1.54) is 0 Å². The average molecular weight is 283 g/mol. The molecule has 0 saturated carbocycles. The van der Waals surface area contributed by atoms with Gasteiger partial charge in [-0.3, -0.25) is 4.79 Å². The molecule has 1 aromatic carbocycles. The number of halogens is 1. The molecule has 1 aliphatic heterocycles. The van der Waals surface area contributed by atoms with Gasteiger partial charge in [0.05, 0.1) is 16.8 Å². The Morgan fingerprint density at radius 3 is 2.74 bits per heavy atom. The molecule has 3 N–H and O–H groups in total. The van der Waals surface area contributed by atoms with E-state index in [9.17, 15) is 4.79 Å². The summed E-state index contributed by atoms with van der Waals surface area (Å²) in [5, 5.41) is 3.04. The van der Waals surface area contributed by atoms with Crippen LogP contribution in [0.1, 0.15) is 6.42 Å². The fourth-order valence-electron chi connectivity index (χ4n) is 1.67. The maximum Gasteiger partial charge on any atom is 0.241 e. The van der Waals surface area contributed by atoms with Gasteiger partial charge in [0.2, 0.25) is 5.91 Å². The predicted molar refractivity (Wildman–Crippen MR) is 73.9 cm³/mol. The molecule has 6 heteroatoms. The van der Waals surface area contributed by atoms with E-state index < -0.39 is 6.04 Å². The zero-order chi connectivity index (χ0) is 13.8. The van der Waals surface area contributed by atoms with E-state index in [1.54, 1.807) is 18.2 Å². The van der Waals surface area contributed by atoms with Crippen molar-refractivity contribution in [1.29, 1.82) is 0 Å². The van der Waals surface area contributed by atoms with E-state index in [-0.39, 0.29) is 5.91 Å². The van der Waals surface area contributed by atoms with E-state index in [4.69, 9.17) is 26.8 Å². The number of amides is 1. The first-order chi connectivity index (χ1) is 9.11. The standard InChI is InChI=1S/C13H15ClN2O3/c1-2-3-9(15)13(17)16-10-7-12-11(6-8(10)14)18-4-5-19-12/h2,6-7,9H,1,3-5,15H2,(H,16,17). The van der Waals surface area contributed by atoms with Crippen LogP contribution in [0.2, 0.25) is 5.02 Å². The third kappa shape index (κ3) is 3.19. The molecule has 1 atom stereocenters. The van der Waals surface area contributed by atoms with Gasteiger partial charge in [-0.25, -0.2) is 0 Å². The highest BCUT2D eigenvalue weighted by atomic mass is 35.5. The minimum Gasteiger partial charge on any atom is -0.486 e.